The van der Waals surface area contributed by atoms with Crippen LogP contribution in [0.15, 0.2) is 52.4 Å². The number of benzene rings is 2. The lowest BCUT2D eigenvalue weighted by Gasteiger charge is -2.23. The molecular formula is C23H25N3O4S2. The van der Waals surface area contributed by atoms with Crippen LogP contribution in [-0.4, -0.2) is 59.1 Å². The van der Waals surface area contributed by atoms with Crippen molar-refractivity contribution in [2.45, 2.75) is 31.5 Å². The molecule has 32 heavy (non-hydrogen) atoms. The first-order valence-corrected chi connectivity index (χ1v) is 13.2. The topological polar surface area (TPSA) is 89.3 Å². The van der Waals surface area contributed by atoms with Crippen LogP contribution in [0.2, 0.25) is 0 Å². The molecule has 9 heteroatoms. The number of carbonyl (C=O) groups is 1. The molecule has 0 unspecified atom stereocenters. The Morgan fingerprint density at radius 3 is 2.66 bits per heavy atom. The van der Waals surface area contributed by atoms with Crippen molar-refractivity contribution in [2.24, 2.45) is 0 Å². The van der Waals surface area contributed by atoms with Crippen molar-refractivity contribution in [3.63, 3.8) is 0 Å². The SMILES string of the molecule is Cc1ccc(-n2c(SCC(=O)N(C)[C@H]3CCS(=O)(=O)C3)nc3ccccc3c2=O)c(C)c1. The minimum absolute atomic E-state index is 0.00139. The van der Waals surface area contributed by atoms with Crippen LogP contribution in [-0.2, 0) is 14.6 Å². The van der Waals surface area contributed by atoms with Crippen molar-refractivity contribution in [1.82, 2.24) is 14.5 Å². The zero-order valence-electron chi connectivity index (χ0n) is 18.2. The van der Waals surface area contributed by atoms with Gasteiger partial charge in [0.2, 0.25) is 5.91 Å². The summed E-state index contributed by atoms with van der Waals surface area (Å²) in [7, 11) is -1.44. The molecule has 2 heterocycles. The van der Waals surface area contributed by atoms with Crippen molar-refractivity contribution in [2.75, 3.05) is 24.3 Å². The maximum absolute atomic E-state index is 13.4. The van der Waals surface area contributed by atoms with Crippen molar-refractivity contribution >= 4 is 38.4 Å². The van der Waals surface area contributed by atoms with E-state index in [2.05, 4.69) is 4.98 Å². The third-order valence-corrected chi connectivity index (χ3v) is 8.49. The summed E-state index contributed by atoms with van der Waals surface area (Å²) in [5.41, 5.74) is 3.14. The third-order valence-electron chi connectivity index (χ3n) is 5.81. The lowest BCUT2D eigenvalue weighted by molar-refractivity contribution is -0.128. The molecule has 0 spiro atoms. The highest BCUT2D eigenvalue weighted by Gasteiger charge is 2.32. The van der Waals surface area contributed by atoms with Crippen LogP contribution in [0, 0.1) is 13.8 Å². The first-order chi connectivity index (χ1) is 15.2. The highest BCUT2D eigenvalue weighted by Crippen LogP contribution is 2.25. The minimum Gasteiger partial charge on any atom is -0.341 e. The molecule has 168 valence electrons. The molecule has 7 nitrogen and oxygen atoms in total. The highest BCUT2D eigenvalue weighted by molar-refractivity contribution is 7.99. The van der Waals surface area contributed by atoms with E-state index in [1.165, 1.54) is 16.7 Å². The van der Waals surface area contributed by atoms with E-state index in [1.807, 2.05) is 38.1 Å². The zero-order chi connectivity index (χ0) is 23.0. The standard InChI is InChI=1S/C23H25N3O4S2/c1-15-8-9-20(16(2)12-15)26-22(28)18-6-4-5-7-19(18)24-23(26)31-13-21(27)25(3)17-10-11-32(29,30)14-17/h4-9,12,17H,10-11,13-14H2,1-3H3/t17-/m0/s1. The molecule has 0 aliphatic carbocycles. The molecular weight excluding hydrogens is 446 g/mol. The van der Waals surface area contributed by atoms with Gasteiger partial charge in [-0.05, 0) is 44.0 Å². The smallest absolute Gasteiger partial charge is 0.266 e. The van der Waals surface area contributed by atoms with Gasteiger partial charge in [-0.2, -0.15) is 0 Å². The van der Waals surface area contributed by atoms with E-state index >= 15 is 0 Å². The second-order valence-corrected chi connectivity index (χ2v) is 11.4. The number of fused-ring (bicyclic) bond motifs is 1. The number of amides is 1. The largest absolute Gasteiger partial charge is 0.341 e. The second kappa shape index (κ2) is 8.71. The summed E-state index contributed by atoms with van der Waals surface area (Å²) in [4.78, 5) is 32.4. The van der Waals surface area contributed by atoms with Crippen molar-refractivity contribution in [1.29, 1.82) is 0 Å². The predicted octanol–water partition coefficient (Wildman–Crippen LogP) is 2.74. The van der Waals surface area contributed by atoms with Crippen molar-refractivity contribution in [3.05, 3.63) is 63.9 Å². The quantitative estimate of drug-likeness (QED) is 0.420. The number of carbonyl (C=O) groups excluding carboxylic acids is 1. The molecule has 1 aliphatic rings. The molecule has 0 bridgehead atoms. The predicted molar refractivity (Wildman–Crippen MR) is 127 cm³/mol. The maximum Gasteiger partial charge on any atom is 0.266 e. The van der Waals surface area contributed by atoms with E-state index in [9.17, 15) is 18.0 Å². The molecule has 1 fully saturated rings. The average molecular weight is 472 g/mol. The Bertz CT molecular complexity index is 1370. The summed E-state index contributed by atoms with van der Waals surface area (Å²) >= 11 is 1.19. The highest BCUT2D eigenvalue weighted by atomic mass is 32.2. The first-order valence-electron chi connectivity index (χ1n) is 10.3. The number of nitrogens with zero attached hydrogens (tertiary/aromatic N) is 3. The van der Waals surface area contributed by atoms with Gasteiger partial charge < -0.3 is 4.90 Å². The summed E-state index contributed by atoms with van der Waals surface area (Å²) in [6.45, 7) is 3.93. The number of para-hydroxylation sites is 1. The fourth-order valence-corrected chi connectivity index (χ4v) is 6.69. The number of rotatable bonds is 5. The van der Waals surface area contributed by atoms with Gasteiger partial charge in [-0.1, -0.05) is 41.6 Å². The summed E-state index contributed by atoms with van der Waals surface area (Å²) in [6.07, 6.45) is 0.455. The van der Waals surface area contributed by atoms with Gasteiger partial charge in [-0.15, -0.1) is 0 Å². The molecule has 3 aromatic rings. The summed E-state index contributed by atoms with van der Waals surface area (Å²) in [5.74, 6) is -0.0166. The molecule has 1 aliphatic heterocycles. The second-order valence-electron chi connectivity index (χ2n) is 8.19. The Morgan fingerprint density at radius 2 is 1.97 bits per heavy atom. The lowest BCUT2D eigenvalue weighted by Crippen LogP contribution is -2.39. The van der Waals surface area contributed by atoms with Gasteiger partial charge in [0.1, 0.15) is 0 Å². The molecule has 1 saturated heterocycles. The molecule has 1 atom stereocenters. The fourth-order valence-electron chi connectivity index (χ4n) is 3.99. The van der Waals surface area contributed by atoms with Crippen LogP contribution >= 0.6 is 11.8 Å². The Hall–Kier alpha value is -2.65. The number of thioether (sulfide) groups is 1. The molecule has 0 N–H and O–H groups in total. The first kappa shape index (κ1) is 22.5. The van der Waals surface area contributed by atoms with Gasteiger partial charge in [-0.3, -0.25) is 14.2 Å². The Morgan fingerprint density at radius 1 is 1.22 bits per heavy atom. The van der Waals surface area contributed by atoms with E-state index in [4.69, 9.17) is 0 Å². The molecule has 2 aromatic carbocycles. The summed E-state index contributed by atoms with van der Waals surface area (Å²) < 4.78 is 25.1. The van der Waals surface area contributed by atoms with Gasteiger partial charge in [0.25, 0.3) is 5.56 Å². The van der Waals surface area contributed by atoms with Gasteiger partial charge in [0.05, 0.1) is 33.8 Å². The minimum atomic E-state index is -3.08. The van der Waals surface area contributed by atoms with Crippen LogP contribution in [0.1, 0.15) is 17.5 Å². The van der Waals surface area contributed by atoms with E-state index in [0.29, 0.717) is 22.5 Å². The summed E-state index contributed by atoms with van der Waals surface area (Å²) in [6, 6.07) is 12.7. The molecule has 1 amide bonds. The van der Waals surface area contributed by atoms with Gasteiger partial charge >= 0.3 is 0 Å². The van der Waals surface area contributed by atoms with E-state index in [0.717, 1.165) is 16.8 Å². The molecule has 0 saturated carbocycles. The number of aryl methyl sites for hydroxylation is 2. The Kier molecular flexibility index (Phi) is 6.13. The van der Waals surface area contributed by atoms with Crippen molar-refractivity contribution in [3.8, 4) is 5.69 Å². The number of aromatic nitrogens is 2. The molecule has 4 rings (SSSR count). The monoisotopic (exact) mass is 471 g/mol. The third kappa shape index (κ3) is 4.45. The average Bonchev–Trinajstić information content (AvgIpc) is 3.12. The van der Waals surface area contributed by atoms with Crippen LogP contribution < -0.4 is 5.56 Å². The fraction of sp³-hybridized carbons (Fsp3) is 0.348. The van der Waals surface area contributed by atoms with E-state index in [-0.39, 0.29) is 34.8 Å². The van der Waals surface area contributed by atoms with Crippen LogP contribution in [0.4, 0.5) is 0 Å². The van der Waals surface area contributed by atoms with Gasteiger partial charge in [-0.25, -0.2) is 13.4 Å². The van der Waals surface area contributed by atoms with E-state index in [1.54, 1.807) is 29.8 Å². The number of sulfone groups is 1. The van der Waals surface area contributed by atoms with Crippen molar-refractivity contribution < 1.29 is 13.2 Å². The molecule has 1 aromatic heterocycles. The number of hydrogen-bond donors (Lipinski definition) is 0. The Labute approximate surface area is 191 Å². The van der Waals surface area contributed by atoms with E-state index < -0.39 is 9.84 Å². The maximum atomic E-state index is 13.4. The van der Waals surface area contributed by atoms with Crippen LogP contribution in [0.5, 0.6) is 0 Å². The van der Waals surface area contributed by atoms with Gasteiger partial charge in [0.15, 0.2) is 15.0 Å². The van der Waals surface area contributed by atoms with Crippen LogP contribution in [0.25, 0.3) is 16.6 Å². The summed E-state index contributed by atoms with van der Waals surface area (Å²) in [5, 5.41) is 0.942. The normalized spacial score (nSPS) is 17.5. The zero-order valence-corrected chi connectivity index (χ0v) is 19.9. The Balaban J connectivity index is 1.69. The molecule has 0 radical (unpaired) electrons. The number of hydrogen-bond acceptors (Lipinski definition) is 6. The van der Waals surface area contributed by atoms with Crippen LogP contribution in [0.3, 0.4) is 0 Å². The lowest BCUT2D eigenvalue weighted by atomic mass is 10.1. The van der Waals surface area contributed by atoms with Gasteiger partial charge in [0, 0.05) is 13.1 Å².